The molecule has 4 N–H and O–H groups in total. The van der Waals surface area contributed by atoms with E-state index in [1.165, 1.54) is 6.21 Å². The first kappa shape index (κ1) is 14.8. The Balaban J connectivity index is 2.38. The molecule has 20 heavy (non-hydrogen) atoms. The molecule has 1 atom stereocenters. The molecule has 1 aromatic carbocycles. The average Bonchev–Trinajstić information content (AvgIpc) is 2.36. The van der Waals surface area contributed by atoms with Crippen molar-refractivity contribution in [1.82, 2.24) is 0 Å². The Labute approximate surface area is 124 Å². The van der Waals surface area contributed by atoms with Crippen LogP contribution in [0.25, 0.3) is 0 Å². The predicted molar refractivity (Wildman–Crippen MR) is 83.3 cm³/mol. The zero-order chi connectivity index (χ0) is 14.9. The maximum Gasteiger partial charge on any atom is 0.0790 e. The molecule has 1 heterocycles. The van der Waals surface area contributed by atoms with Gasteiger partial charge >= 0.3 is 0 Å². The van der Waals surface area contributed by atoms with Crippen molar-refractivity contribution >= 4 is 29.2 Å². The summed E-state index contributed by atoms with van der Waals surface area (Å²) in [7, 11) is 0. The van der Waals surface area contributed by atoms with E-state index in [9.17, 15) is 0 Å². The molecule has 1 aromatic rings. The second-order valence-electron chi connectivity index (χ2n) is 5.92. The van der Waals surface area contributed by atoms with Crippen molar-refractivity contribution in [2.75, 3.05) is 23.7 Å². The second-order valence-corrected chi connectivity index (χ2v) is 6.35. The topological polar surface area (TPSA) is 89.3 Å². The van der Waals surface area contributed by atoms with E-state index in [0.717, 1.165) is 25.2 Å². The Bertz CT molecular complexity index is 541. The van der Waals surface area contributed by atoms with Gasteiger partial charge in [0.25, 0.3) is 0 Å². The Hall–Kier alpha value is -1.62. The third-order valence-electron chi connectivity index (χ3n) is 3.97. The maximum atomic E-state index is 7.57. The summed E-state index contributed by atoms with van der Waals surface area (Å²) in [5.74, 6) is 0. The normalized spacial score (nSPS) is 21.6. The molecule has 0 aliphatic carbocycles. The van der Waals surface area contributed by atoms with E-state index < -0.39 is 0 Å². The molecule has 0 radical (unpaired) electrons. The van der Waals surface area contributed by atoms with Gasteiger partial charge in [0, 0.05) is 46.7 Å². The summed E-state index contributed by atoms with van der Waals surface area (Å²) in [5, 5.41) is 11.9. The summed E-state index contributed by atoms with van der Waals surface area (Å²) in [6.07, 6.45) is 2.09. The highest BCUT2D eigenvalue weighted by Crippen LogP contribution is 2.37. The van der Waals surface area contributed by atoms with E-state index in [1.54, 1.807) is 6.07 Å². The fourth-order valence-corrected chi connectivity index (χ4v) is 3.05. The maximum absolute atomic E-state index is 7.57. The molecular weight excluding hydrogens is 274 g/mol. The van der Waals surface area contributed by atoms with E-state index in [-0.39, 0.29) is 11.5 Å². The van der Waals surface area contributed by atoms with Gasteiger partial charge in [-0.05, 0) is 18.6 Å². The van der Waals surface area contributed by atoms with Crippen LogP contribution in [0.1, 0.15) is 25.8 Å². The number of anilines is 2. The number of halogens is 1. The van der Waals surface area contributed by atoms with Gasteiger partial charge in [-0.15, -0.1) is 0 Å². The number of nitrogens with one attached hydrogen (secondary N) is 2. The number of nitrogen functional groups attached to an aromatic ring is 1. The van der Waals surface area contributed by atoms with Crippen molar-refractivity contribution in [2.24, 2.45) is 10.5 Å². The largest absolute Gasteiger partial charge is 0.398 e. The third-order valence-corrected chi connectivity index (χ3v) is 4.19. The van der Waals surface area contributed by atoms with Crippen molar-refractivity contribution < 1.29 is 0 Å². The van der Waals surface area contributed by atoms with Crippen LogP contribution in [0.2, 0.25) is 5.02 Å². The summed E-state index contributed by atoms with van der Waals surface area (Å²) in [4.78, 5) is 2.18. The number of hydrogen-bond acceptors (Lipinski definition) is 5. The van der Waals surface area contributed by atoms with Crippen LogP contribution in [-0.4, -0.2) is 25.3 Å². The first-order valence-electron chi connectivity index (χ1n) is 6.60. The molecule has 0 amide bonds. The summed E-state index contributed by atoms with van der Waals surface area (Å²) in [6.45, 7) is 5.78. The van der Waals surface area contributed by atoms with Crippen molar-refractivity contribution in [3.05, 3.63) is 22.7 Å². The van der Waals surface area contributed by atoms with Gasteiger partial charge in [0.2, 0.25) is 0 Å². The highest BCUT2D eigenvalue weighted by molar-refractivity contribution is 6.31. The minimum absolute atomic E-state index is 0.0405. The minimum Gasteiger partial charge on any atom is -0.398 e. The van der Waals surface area contributed by atoms with E-state index in [4.69, 9.17) is 28.3 Å². The Morgan fingerprint density at radius 3 is 2.75 bits per heavy atom. The quantitative estimate of drug-likeness (QED) is 0.452. The lowest BCUT2D eigenvalue weighted by molar-refractivity contribution is 0.237. The molecule has 0 saturated carbocycles. The van der Waals surface area contributed by atoms with Crippen LogP contribution in [0.5, 0.6) is 0 Å². The van der Waals surface area contributed by atoms with Crippen molar-refractivity contribution in [2.45, 2.75) is 26.3 Å². The molecule has 2 rings (SSSR count). The predicted octanol–water partition coefficient (Wildman–Crippen LogP) is 3.56. The lowest BCUT2D eigenvalue weighted by atomic mass is 9.79. The Morgan fingerprint density at radius 1 is 1.50 bits per heavy atom. The monoisotopic (exact) mass is 293 g/mol. The van der Waals surface area contributed by atoms with Crippen molar-refractivity contribution in [3.8, 4) is 0 Å². The first-order valence-corrected chi connectivity index (χ1v) is 6.98. The lowest BCUT2D eigenvalue weighted by Gasteiger charge is -2.43. The van der Waals surface area contributed by atoms with Crippen LogP contribution in [0, 0.1) is 16.4 Å². The Kier molecular flexibility index (Phi) is 3.99. The summed E-state index contributed by atoms with van der Waals surface area (Å²) >= 11 is 6.10. The van der Waals surface area contributed by atoms with Crippen molar-refractivity contribution in [1.29, 1.82) is 10.9 Å². The fourth-order valence-electron chi connectivity index (χ4n) is 2.83. The molecule has 1 saturated heterocycles. The Morgan fingerprint density at radius 2 is 2.20 bits per heavy atom. The first-order chi connectivity index (χ1) is 9.39. The van der Waals surface area contributed by atoms with Crippen LogP contribution < -0.4 is 10.6 Å². The molecule has 0 bridgehead atoms. The molecule has 1 fully saturated rings. The van der Waals surface area contributed by atoms with Crippen LogP contribution >= 0.6 is 11.6 Å². The van der Waals surface area contributed by atoms with Crippen LogP contribution in [-0.2, 0) is 0 Å². The van der Waals surface area contributed by atoms with E-state index in [1.807, 2.05) is 6.07 Å². The zero-order valence-corrected chi connectivity index (χ0v) is 12.5. The average molecular weight is 294 g/mol. The van der Waals surface area contributed by atoms with Gasteiger partial charge in [-0.1, -0.05) is 25.4 Å². The molecular formula is C14H20ClN5. The molecule has 1 unspecified atom stereocenters. The molecule has 1 aliphatic heterocycles. The molecule has 0 spiro atoms. The van der Waals surface area contributed by atoms with Gasteiger partial charge in [-0.2, -0.15) is 5.11 Å². The number of nitrogens with zero attached hydrogens (tertiary/aromatic N) is 2. The number of rotatable bonds is 3. The van der Waals surface area contributed by atoms with Gasteiger partial charge in [0.05, 0.1) is 6.04 Å². The van der Waals surface area contributed by atoms with Gasteiger partial charge in [-0.25, -0.2) is 5.53 Å². The van der Waals surface area contributed by atoms with E-state index in [2.05, 4.69) is 23.9 Å². The fraction of sp³-hybridized carbons (Fsp3) is 0.500. The highest BCUT2D eigenvalue weighted by Gasteiger charge is 2.36. The molecule has 0 aromatic heterocycles. The third kappa shape index (κ3) is 2.63. The number of hydrogen-bond donors (Lipinski definition) is 3. The number of benzene rings is 1. The molecule has 1 aliphatic rings. The van der Waals surface area contributed by atoms with Gasteiger partial charge < -0.3 is 16.0 Å². The smallest absolute Gasteiger partial charge is 0.0790 e. The van der Waals surface area contributed by atoms with Crippen molar-refractivity contribution in [3.63, 3.8) is 0 Å². The number of nitrogens with two attached hydrogens (primary N) is 1. The van der Waals surface area contributed by atoms with E-state index >= 15 is 0 Å². The standard InChI is InChI=1S/C14H20ClN5/c1-14(2)8-20(4-3-13(14)19-18)12-6-9(15)5-11(17)10(12)7-16/h5-7,13,16,18H,3-4,8,17H2,1-2H3. The van der Waals surface area contributed by atoms with Crippen LogP contribution in [0.15, 0.2) is 17.2 Å². The summed E-state index contributed by atoms with van der Waals surface area (Å²) in [6, 6.07) is 3.56. The van der Waals surface area contributed by atoms with Gasteiger partial charge in [-0.3, -0.25) is 0 Å². The van der Waals surface area contributed by atoms with E-state index in [0.29, 0.717) is 16.3 Å². The number of piperidine rings is 1. The van der Waals surface area contributed by atoms with Gasteiger partial charge in [0.15, 0.2) is 0 Å². The highest BCUT2D eigenvalue weighted by atomic mass is 35.5. The second kappa shape index (κ2) is 5.40. The zero-order valence-electron chi connectivity index (χ0n) is 11.8. The summed E-state index contributed by atoms with van der Waals surface area (Å²) < 4.78 is 0. The molecule has 108 valence electrons. The minimum atomic E-state index is -0.0869. The molecule has 6 heteroatoms. The molecule has 5 nitrogen and oxygen atoms in total. The van der Waals surface area contributed by atoms with Crippen LogP contribution in [0.4, 0.5) is 11.4 Å². The summed E-state index contributed by atoms with van der Waals surface area (Å²) in [5.41, 5.74) is 15.3. The lowest BCUT2D eigenvalue weighted by Crippen LogP contribution is -2.48. The van der Waals surface area contributed by atoms with Gasteiger partial charge in [0.1, 0.15) is 0 Å². The SMILES string of the molecule is CC1(C)CN(c2cc(Cl)cc(N)c2C=N)CCC1N=N. The van der Waals surface area contributed by atoms with Crippen LogP contribution in [0.3, 0.4) is 0 Å².